The van der Waals surface area contributed by atoms with Gasteiger partial charge in [-0.2, -0.15) is 0 Å². The van der Waals surface area contributed by atoms with E-state index in [-0.39, 0.29) is 23.1 Å². The van der Waals surface area contributed by atoms with Crippen molar-refractivity contribution in [2.75, 3.05) is 19.7 Å². The van der Waals surface area contributed by atoms with Crippen LogP contribution in [0, 0.1) is 16.7 Å². The second kappa shape index (κ2) is 7.26. The molecular weight excluding hydrogens is 332 g/mol. The molecule has 134 valence electrons. The van der Waals surface area contributed by atoms with Crippen molar-refractivity contribution in [3.05, 3.63) is 54.7 Å². The lowest BCUT2D eigenvalue weighted by molar-refractivity contribution is -0.132. The number of pyridine rings is 1. The molecule has 2 heterocycles. The highest BCUT2D eigenvalue weighted by atomic mass is 16.5. The Hall–Kier alpha value is -3.35. The quantitative estimate of drug-likeness (QED) is 0.420. The maximum absolute atomic E-state index is 11.5. The maximum Gasteiger partial charge on any atom is 0.245 e. The zero-order valence-corrected chi connectivity index (χ0v) is 14.2. The lowest BCUT2D eigenvalue weighted by Gasteiger charge is -2.38. The van der Waals surface area contributed by atoms with Crippen LogP contribution in [0.2, 0.25) is 0 Å². The van der Waals surface area contributed by atoms with Crippen molar-refractivity contribution in [2.45, 2.75) is 0 Å². The number of carbonyl (C=O) groups excluding carboxylic acids is 1. The Morgan fingerprint density at radius 1 is 1.31 bits per heavy atom. The highest BCUT2D eigenvalue weighted by Gasteiger charge is 2.29. The molecule has 1 saturated heterocycles. The number of amides is 1. The average Bonchev–Trinajstić information content (AvgIpc) is 2.62. The van der Waals surface area contributed by atoms with Crippen LogP contribution in [0.15, 0.2) is 49.2 Å². The van der Waals surface area contributed by atoms with Crippen LogP contribution in [-0.4, -0.2) is 46.5 Å². The number of likely N-dealkylation sites (tertiary alicyclic amines) is 1. The van der Waals surface area contributed by atoms with Crippen LogP contribution in [-0.2, 0) is 4.79 Å². The van der Waals surface area contributed by atoms with Gasteiger partial charge in [-0.25, -0.2) is 0 Å². The lowest BCUT2D eigenvalue weighted by atomic mass is 10.0. The first-order chi connectivity index (χ1) is 12.5. The molecule has 3 N–H and O–H groups in total. The third-order valence-corrected chi connectivity index (χ3v) is 4.31. The summed E-state index contributed by atoms with van der Waals surface area (Å²) in [4.78, 5) is 13.2. The Balaban J connectivity index is 1.76. The fourth-order valence-electron chi connectivity index (χ4n) is 2.80. The molecule has 1 aromatic carbocycles. The maximum atomic E-state index is 11.5. The van der Waals surface area contributed by atoms with Gasteiger partial charge < -0.3 is 14.7 Å². The number of nitrogens with one attached hydrogen (secondary N) is 2. The van der Waals surface area contributed by atoms with Crippen molar-refractivity contribution >= 4 is 12.2 Å². The van der Waals surface area contributed by atoms with Crippen LogP contribution in [0.5, 0.6) is 11.5 Å². The summed E-state index contributed by atoms with van der Waals surface area (Å²) in [6.07, 6.45) is 4.02. The Bertz CT molecular complexity index is 896. The van der Waals surface area contributed by atoms with E-state index in [1.54, 1.807) is 41.4 Å². The highest BCUT2D eigenvalue weighted by Crippen LogP contribution is 2.24. The number of nitrogens with zero attached hydrogens (tertiary/aromatic N) is 2. The summed E-state index contributed by atoms with van der Waals surface area (Å²) in [5, 5.41) is 25.1. The van der Waals surface area contributed by atoms with Crippen molar-refractivity contribution in [2.24, 2.45) is 5.92 Å². The Kier molecular flexibility index (Phi) is 4.88. The van der Waals surface area contributed by atoms with Crippen LogP contribution in [0.3, 0.4) is 0 Å². The van der Waals surface area contributed by atoms with Crippen LogP contribution >= 0.6 is 0 Å². The molecule has 0 unspecified atom stereocenters. The standard InChI is InChI=1S/C19H20N4O3/c1-2-18(25)22-8-13(9-22)11-26-17-7-15(10-23(12-20)19(17)21)14-3-5-16(24)6-4-14/h2-7,10,12-13,20-21,24H,1,8-9,11H2. The van der Waals surface area contributed by atoms with Crippen molar-refractivity contribution in [1.82, 2.24) is 9.47 Å². The first kappa shape index (κ1) is 17.5. The molecule has 1 aliphatic rings. The van der Waals surface area contributed by atoms with Gasteiger partial charge in [0.25, 0.3) is 0 Å². The largest absolute Gasteiger partial charge is 0.508 e. The molecule has 0 bridgehead atoms. The summed E-state index contributed by atoms with van der Waals surface area (Å²) in [6.45, 7) is 5.09. The molecule has 0 saturated carbocycles. The molecule has 26 heavy (non-hydrogen) atoms. The zero-order chi connectivity index (χ0) is 18.7. The predicted molar refractivity (Wildman–Crippen MR) is 97.3 cm³/mol. The predicted octanol–water partition coefficient (Wildman–Crippen LogP) is 1.82. The summed E-state index contributed by atoms with van der Waals surface area (Å²) in [7, 11) is 0. The molecule has 7 heteroatoms. The van der Waals surface area contributed by atoms with E-state index >= 15 is 0 Å². The molecule has 0 radical (unpaired) electrons. The molecular formula is C19H20N4O3. The van der Waals surface area contributed by atoms with Gasteiger partial charge in [0.15, 0.2) is 11.2 Å². The smallest absolute Gasteiger partial charge is 0.245 e. The van der Waals surface area contributed by atoms with Gasteiger partial charge in [-0.15, -0.1) is 0 Å². The van der Waals surface area contributed by atoms with Crippen molar-refractivity contribution in [1.29, 1.82) is 10.8 Å². The fourth-order valence-corrected chi connectivity index (χ4v) is 2.80. The number of benzene rings is 1. The molecule has 0 aliphatic carbocycles. The molecule has 1 amide bonds. The molecule has 2 aromatic rings. The van der Waals surface area contributed by atoms with Crippen molar-refractivity contribution in [3.63, 3.8) is 0 Å². The number of phenolic OH excluding ortho intramolecular Hbond substituents is 1. The van der Waals surface area contributed by atoms with Gasteiger partial charge in [0.05, 0.1) is 12.9 Å². The van der Waals surface area contributed by atoms with Crippen LogP contribution in [0.1, 0.15) is 0 Å². The first-order valence-electron chi connectivity index (χ1n) is 8.16. The normalized spacial score (nSPS) is 13.8. The number of aromatic nitrogens is 1. The Morgan fingerprint density at radius 2 is 2.00 bits per heavy atom. The van der Waals surface area contributed by atoms with E-state index < -0.39 is 0 Å². The third-order valence-electron chi connectivity index (χ3n) is 4.31. The van der Waals surface area contributed by atoms with E-state index in [2.05, 4.69) is 6.58 Å². The summed E-state index contributed by atoms with van der Waals surface area (Å²) in [5.41, 5.74) is 1.70. The van der Waals surface area contributed by atoms with E-state index in [1.165, 1.54) is 10.6 Å². The van der Waals surface area contributed by atoms with Crippen molar-refractivity contribution in [3.8, 4) is 22.6 Å². The number of hydrogen-bond donors (Lipinski definition) is 3. The van der Waals surface area contributed by atoms with Crippen LogP contribution in [0.25, 0.3) is 11.1 Å². The average molecular weight is 352 g/mol. The van der Waals surface area contributed by atoms with Crippen molar-refractivity contribution < 1.29 is 14.6 Å². The second-order valence-corrected chi connectivity index (χ2v) is 6.15. The van der Waals surface area contributed by atoms with Crippen LogP contribution < -0.4 is 10.2 Å². The first-order valence-corrected chi connectivity index (χ1v) is 8.16. The molecule has 1 aliphatic heterocycles. The van der Waals surface area contributed by atoms with Gasteiger partial charge in [-0.1, -0.05) is 18.7 Å². The minimum absolute atomic E-state index is 0.0841. The minimum Gasteiger partial charge on any atom is -0.508 e. The van der Waals surface area contributed by atoms with Gasteiger partial charge in [-0.3, -0.25) is 20.2 Å². The molecule has 0 spiro atoms. The number of carbonyl (C=O) groups is 1. The summed E-state index contributed by atoms with van der Waals surface area (Å²) in [6, 6.07) is 8.44. The summed E-state index contributed by atoms with van der Waals surface area (Å²) in [5.74, 6) is 0.668. The zero-order valence-electron chi connectivity index (χ0n) is 14.2. The van der Waals surface area contributed by atoms with Gasteiger partial charge >= 0.3 is 0 Å². The van der Waals surface area contributed by atoms with Gasteiger partial charge in [0, 0.05) is 30.8 Å². The number of rotatable bonds is 6. The topological polar surface area (TPSA) is 102 Å². The second-order valence-electron chi connectivity index (χ2n) is 6.15. The molecule has 1 aromatic heterocycles. The molecule has 1 fully saturated rings. The monoisotopic (exact) mass is 352 g/mol. The number of ether oxygens (including phenoxy) is 1. The van der Waals surface area contributed by atoms with E-state index in [9.17, 15) is 9.90 Å². The number of hydrogen-bond acceptors (Lipinski definition) is 5. The minimum atomic E-state index is -0.0848. The molecule has 3 rings (SSSR count). The van der Waals surface area contributed by atoms with E-state index in [1.807, 2.05) is 0 Å². The number of phenols is 1. The van der Waals surface area contributed by atoms with E-state index in [0.717, 1.165) is 17.5 Å². The van der Waals surface area contributed by atoms with Gasteiger partial charge in [0.2, 0.25) is 5.91 Å². The Morgan fingerprint density at radius 3 is 2.62 bits per heavy atom. The van der Waals surface area contributed by atoms with E-state index in [0.29, 0.717) is 25.4 Å². The lowest BCUT2D eigenvalue weighted by Crippen LogP contribution is -2.51. The van der Waals surface area contributed by atoms with E-state index in [4.69, 9.17) is 15.6 Å². The Labute approximate surface area is 150 Å². The molecule has 7 nitrogen and oxygen atoms in total. The van der Waals surface area contributed by atoms with Gasteiger partial charge in [0.1, 0.15) is 5.75 Å². The van der Waals surface area contributed by atoms with Gasteiger partial charge in [-0.05, 0) is 29.8 Å². The highest BCUT2D eigenvalue weighted by molar-refractivity contribution is 5.87. The third kappa shape index (κ3) is 3.51. The SMILES string of the molecule is C=CC(=O)N1CC(COc2cc(-c3ccc(O)cc3)cn(C=N)c2=N)C1. The fraction of sp³-hybridized carbons (Fsp3) is 0.211. The summed E-state index contributed by atoms with van der Waals surface area (Å²) >= 11 is 0. The summed E-state index contributed by atoms with van der Waals surface area (Å²) < 4.78 is 7.17. The van der Waals surface area contributed by atoms with Crippen LogP contribution in [0.4, 0.5) is 0 Å². The molecule has 0 atom stereocenters. The number of aromatic hydroxyl groups is 1.